The zero-order chi connectivity index (χ0) is 23.9. The smallest absolute Gasteiger partial charge is 0.296 e. The van der Waals surface area contributed by atoms with Crippen molar-refractivity contribution >= 4 is 21.4 Å². The molecule has 2 aromatic carbocycles. The van der Waals surface area contributed by atoms with Gasteiger partial charge in [0.05, 0.1) is 10.5 Å². The molecule has 2 aliphatic heterocycles. The number of alkyl halides is 3. The van der Waals surface area contributed by atoms with E-state index in [2.05, 4.69) is 16.3 Å². The number of thiophene rings is 1. The molecule has 0 atom stereocenters. The lowest BCUT2D eigenvalue weighted by atomic mass is 10.0. The van der Waals surface area contributed by atoms with E-state index < -0.39 is 21.8 Å². The Balaban J connectivity index is 1.25. The van der Waals surface area contributed by atoms with Gasteiger partial charge in [0.2, 0.25) is 10.0 Å². The van der Waals surface area contributed by atoms with Gasteiger partial charge in [-0.3, -0.25) is 4.90 Å². The van der Waals surface area contributed by atoms with Gasteiger partial charge in [0, 0.05) is 37.1 Å². The first-order valence-electron chi connectivity index (χ1n) is 11.3. The molecule has 0 unspecified atom stereocenters. The number of rotatable bonds is 4. The van der Waals surface area contributed by atoms with Crippen LogP contribution >= 0.6 is 11.3 Å². The van der Waals surface area contributed by atoms with Crippen LogP contribution in [0.5, 0.6) is 0 Å². The fourth-order valence-electron chi connectivity index (χ4n) is 4.87. The Morgan fingerprint density at radius 1 is 0.912 bits per heavy atom. The maximum absolute atomic E-state index is 13.2. The van der Waals surface area contributed by atoms with Gasteiger partial charge in [-0.25, -0.2) is 8.42 Å². The average molecular weight is 507 g/mol. The van der Waals surface area contributed by atoms with E-state index in [4.69, 9.17) is 0 Å². The third-order valence-electron chi connectivity index (χ3n) is 6.79. The van der Waals surface area contributed by atoms with Crippen molar-refractivity contribution < 1.29 is 21.6 Å². The van der Waals surface area contributed by atoms with Crippen molar-refractivity contribution in [1.29, 1.82) is 0 Å². The standard InChI is InChI=1S/C25H25F3N2O2S2/c26-25(27,28)21-3-1-2-19(16-21)18-4-6-23(7-5-18)34(31,32)30-13-8-22(9-14-30)29-12-10-24-20(17-29)11-15-33-24/h1-7,11,15-16,22H,8-10,12-14,17H2. The Morgan fingerprint density at radius 3 is 2.35 bits per heavy atom. The van der Waals surface area contributed by atoms with E-state index in [0.29, 0.717) is 30.3 Å². The molecule has 0 spiro atoms. The molecule has 3 aromatic rings. The van der Waals surface area contributed by atoms with Crippen LogP contribution in [0.1, 0.15) is 28.8 Å². The fourth-order valence-corrected chi connectivity index (χ4v) is 7.23. The summed E-state index contributed by atoms with van der Waals surface area (Å²) in [6.45, 7) is 2.89. The van der Waals surface area contributed by atoms with E-state index in [0.717, 1.165) is 44.5 Å². The summed E-state index contributed by atoms with van der Waals surface area (Å²) in [5, 5.41) is 2.14. The molecular weight excluding hydrogens is 481 g/mol. The van der Waals surface area contributed by atoms with E-state index in [9.17, 15) is 21.6 Å². The quantitative estimate of drug-likeness (QED) is 0.460. The summed E-state index contributed by atoms with van der Waals surface area (Å²) in [6, 6.07) is 13.7. The number of fused-ring (bicyclic) bond motifs is 1. The predicted molar refractivity (Wildman–Crippen MR) is 127 cm³/mol. The Bertz CT molecular complexity index is 1260. The molecule has 0 N–H and O–H groups in total. The molecule has 1 aromatic heterocycles. The molecule has 34 heavy (non-hydrogen) atoms. The van der Waals surface area contributed by atoms with Crippen molar-refractivity contribution in [2.75, 3.05) is 19.6 Å². The third-order valence-corrected chi connectivity index (χ3v) is 9.73. The van der Waals surface area contributed by atoms with Crippen molar-refractivity contribution in [2.24, 2.45) is 0 Å². The molecule has 9 heteroatoms. The minimum atomic E-state index is -4.42. The van der Waals surface area contributed by atoms with E-state index in [1.165, 1.54) is 32.9 Å². The van der Waals surface area contributed by atoms with Gasteiger partial charge >= 0.3 is 6.18 Å². The zero-order valence-corrected chi connectivity index (χ0v) is 20.1. The van der Waals surface area contributed by atoms with Gasteiger partial charge in [0.15, 0.2) is 0 Å². The van der Waals surface area contributed by atoms with E-state index in [-0.39, 0.29) is 4.90 Å². The number of hydrogen-bond acceptors (Lipinski definition) is 4. The van der Waals surface area contributed by atoms with Crippen LogP contribution in [0.15, 0.2) is 64.9 Å². The average Bonchev–Trinajstić information content (AvgIpc) is 3.32. The van der Waals surface area contributed by atoms with Crippen molar-refractivity contribution in [3.8, 4) is 11.1 Å². The molecule has 0 bridgehead atoms. The monoisotopic (exact) mass is 506 g/mol. The van der Waals surface area contributed by atoms with Crippen LogP contribution in [0.3, 0.4) is 0 Å². The molecule has 0 aliphatic carbocycles. The molecule has 3 heterocycles. The van der Waals surface area contributed by atoms with Crippen molar-refractivity contribution in [3.05, 3.63) is 76.0 Å². The summed E-state index contributed by atoms with van der Waals surface area (Å²) in [5.41, 5.74) is 1.61. The summed E-state index contributed by atoms with van der Waals surface area (Å²) >= 11 is 1.81. The summed E-state index contributed by atoms with van der Waals surface area (Å²) in [4.78, 5) is 4.11. The first-order chi connectivity index (χ1) is 16.2. The minimum absolute atomic E-state index is 0.169. The summed E-state index contributed by atoms with van der Waals surface area (Å²) in [7, 11) is -3.65. The predicted octanol–water partition coefficient (Wildman–Crippen LogP) is 5.65. The van der Waals surface area contributed by atoms with Crippen LogP contribution in [0.25, 0.3) is 11.1 Å². The zero-order valence-electron chi connectivity index (χ0n) is 18.5. The molecule has 0 radical (unpaired) electrons. The minimum Gasteiger partial charge on any atom is -0.296 e. The molecule has 180 valence electrons. The van der Waals surface area contributed by atoms with E-state index in [1.54, 1.807) is 18.2 Å². The molecule has 5 rings (SSSR count). The summed E-state index contributed by atoms with van der Waals surface area (Å²) in [6.07, 6.45) is -1.78. The maximum Gasteiger partial charge on any atom is 0.416 e. The maximum atomic E-state index is 13.2. The highest BCUT2D eigenvalue weighted by Crippen LogP contribution is 2.33. The van der Waals surface area contributed by atoms with Crippen LogP contribution in [0, 0.1) is 0 Å². The van der Waals surface area contributed by atoms with Crippen LogP contribution in [-0.2, 0) is 29.2 Å². The molecular formula is C25H25F3N2O2S2. The molecule has 0 saturated carbocycles. The molecule has 0 amide bonds. The first kappa shape index (κ1) is 23.5. The van der Waals surface area contributed by atoms with Gasteiger partial charge in [0.25, 0.3) is 0 Å². The lowest BCUT2D eigenvalue weighted by Crippen LogP contribution is -2.47. The molecule has 4 nitrogen and oxygen atoms in total. The second-order valence-electron chi connectivity index (χ2n) is 8.83. The van der Waals surface area contributed by atoms with Crippen LogP contribution in [0.2, 0.25) is 0 Å². The second kappa shape index (κ2) is 9.11. The van der Waals surface area contributed by atoms with Crippen molar-refractivity contribution in [3.63, 3.8) is 0 Å². The number of nitrogens with zero attached hydrogens (tertiary/aromatic N) is 2. The number of sulfonamides is 1. The number of piperidine rings is 1. The third kappa shape index (κ3) is 4.66. The van der Waals surface area contributed by atoms with Crippen LogP contribution in [0.4, 0.5) is 13.2 Å². The van der Waals surface area contributed by atoms with Crippen LogP contribution in [-0.4, -0.2) is 43.3 Å². The lowest BCUT2D eigenvalue weighted by Gasteiger charge is -2.39. The topological polar surface area (TPSA) is 40.6 Å². The lowest BCUT2D eigenvalue weighted by molar-refractivity contribution is -0.137. The van der Waals surface area contributed by atoms with Gasteiger partial charge in [-0.05, 0) is 71.7 Å². The largest absolute Gasteiger partial charge is 0.416 e. The molecule has 2 aliphatic rings. The van der Waals surface area contributed by atoms with E-state index in [1.807, 2.05) is 11.3 Å². The van der Waals surface area contributed by atoms with Gasteiger partial charge in [0.1, 0.15) is 0 Å². The van der Waals surface area contributed by atoms with Gasteiger partial charge in [-0.2, -0.15) is 17.5 Å². The Labute approximate surface area is 201 Å². The normalized spacial score (nSPS) is 18.7. The first-order valence-corrected chi connectivity index (χ1v) is 13.6. The molecule has 1 saturated heterocycles. The van der Waals surface area contributed by atoms with Gasteiger partial charge in [-0.1, -0.05) is 24.3 Å². The highest BCUT2D eigenvalue weighted by Gasteiger charge is 2.33. The van der Waals surface area contributed by atoms with Crippen molar-refractivity contribution in [1.82, 2.24) is 9.21 Å². The number of halogens is 3. The van der Waals surface area contributed by atoms with Crippen LogP contribution < -0.4 is 0 Å². The van der Waals surface area contributed by atoms with Gasteiger partial charge in [-0.15, -0.1) is 11.3 Å². The number of hydrogen-bond donors (Lipinski definition) is 0. The highest BCUT2D eigenvalue weighted by molar-refractivity contribution is 7.89. The van der Waals surface area contributed by atoms with Gasteiger partial charge < -0.3 is 0 Å². The van der Waals surface area contributed by atoms with Crippen molar-refractivity contribution in [2.45, 2.75) is 42.9 Å². The second-order valence-corrected chi connectivity index (χ2v) is 11.8. The summed E-state index contributed by atoms with van der Waals surface area (Å²) < 4.78 is 67.0. The Hall–Kier alpha value is -2.20. The highest BCUT2D eigenvalue weighted by atomic mass is 32.2. The Kier molecular flexibility index (Phi) is 6.31. The number of benzene rings is 2. The van der Waals surface area contributed by atoms with E-state index >= 15 is 0 Å². The molecule has 1 fully saturated rings. The fraction of sp³-hybridized carbons (Fsp3) is 0.360. The summed E-state index contributed by atoms with van der Waals surface area (Å²) in [5.74, 6) is 0. The SMILES string of the molecule is O=S(=O)(c1ccc(-c2cccc(C(F)(F)F)c2)cc1)N1CCC(N2CCc3sccc3C2)CC1. The Morgan fingerprint density at radius 2 is 1.65 bits per heavy atom.